The zero-order chi connectivity index (χ0) is 12.5. The molecule has 1 fully saturated rings. The molecular weight excluding hydrogens is 219 g/mol. The van der Waals surface area contributed by atoms with E-state index in [1.54, 1.807) is 13.2 Å². The number of benzene rings is 1. The molecule has 1 aliphatic carbocycles. The topological polar surface area (TPSA) is 47.3 Å². The average molecular weight is 238 g/mol. The van der Waals surface area contributed by atoms with Gasteiger partial charge in [-0.3, -0.25) is 0 Å². The van der Waals surface area contributed by atoms with Gasteiger partial charge in [0.15, 0.2) is 0 Å². The van der Waals surface area contributed by atoms with Crippen LogP contribution in [0.25, 0.3) is 0 Å². The van der Waals surface area contributed by atoms with Gasteiger partial charge in [-0.05, 0) is 38.1 Å². The fourth-order valence-electron chi connectivity index (χ4n) is 2.39. The lowest BCUT2D eigenvalue weighted by atomic mass is 9.90. The first-order valence-corrected chi connectivity index (χ1v) is 5.86. The summed E-state index contributed by atoms with van der Waals surface area (Å²) in [6, 6.07) is 4.34. The Bertz CT molecular complexity index is 404. The monoisotopic (exact) mass is 238 g/mol. The van der Waals surface area contributed by atoms with Crippen LogP contribution < -0.4 is 15.8 Å². The third kappa shape index (κ3) is 2.28. The highest BCUT2D eigenvalue weighted by atomic mass is 19.1. The molecule has 1 saturated carbocycles. The van der Waals surface area contributed by atoms with Crippen molar-refractivity contribution in [1.29, 1.82) is 0 Å². The summed E-state index contributed by atoms with van der Waals surface area (Å²) in [5.74, 6) is 0.401. The van der Waals surface area contributed by atoms with Crippen LogP contribution in [0.15, 0.2) is 18.2 Å². The molecule has 3 nitrogen and oxygen atoms in total. The highest BCUT2D eigenvalue weighted by Crippen LogP contribution is 2.54. The Hall–Kier alpha value is -1.13. The van der Waals surface area contributed by atoms with Gasteiger partial charge < -0.3 is 15.8 Å². The fourth-order valence-corrected chi connectivity index (χ4v) is 2.39. The Balaban J connectivity index is 2.29. The van der Waals surface area contributed by atoms with Crippen LogP contribution in [0.1, 0.15) is 24.4 Å². The van der Waals surface area contributed by atoms with Crippen LogP contribution in [0.4, 0.5) is 4.39 Å². The lowest BCUT2D eigenvalue weighted by molar-refractivity contribution is 0.361. The van der Waals surface area contributed by atoms with Gasteiger partial charge in [0.25, 0.3) is 0 Å². The molecular formula is C13H19FN2O. The summed E-state index contributed by atoms with van der Waals surface area (Å²) < 4.78 is 18.6. The standard InChI is InChI=1S/C13H19FN2O/c1-16-8-13(5-6-13)12(15)10-7-9(14)3-4-11(10)17-2/h3-4,7,12,16H,5-6,8,15H2,1-2H3. The molecule has 0 radical (unpaired) electrons. The number of hydrogen-bond donors (Lipinski definition) is 2. The van der Waals surface area contributed by atoms with E-state index in [-0.39, 0.29) is 17.3 Å². The number of nitrogens with one attached hydrogen (secondary N) is 1. The zero-order valence-corrected chi connectivity index (χ0v) is 10.3. The summed E-state index contributed by atoms with van der Waals surface area (Å²) in [5.41, 5.74) is 7.11. The quantitative estimate of drug-likeness (QED) is 0.822. The van der Waals surface area contributed by atoms with E-state index in [1.807, 2.05) is 7.05 Å². The highest BCUT2D eigenvalue weighted by molar-refractivity contribution is 5.38. The first-order valence-electron chi connectivity index (χ1n) is 5.86. The summed E-state index contributed by atoms with van der Waals surface area (Å²) in [6.45, 7) is 0.855. The van der Waals surface area contributed by atoms with E-state index in [1.165, 1.54) is 12.1 Å². The first-order chi connectivity index (χ1) is 8.13. The molecule has 1 unspecified atom stereocenters. The van der Waals surface area contributed by atoms with Crippen LogP contribution >= 0.6 is 0 Å². The second-order valence-corrected chi connectivity index (χ2v) is 4.76. The normalized spacial score (nSPS) is 18.8. The van der Waals surface area contributed by atoms with E-state index >= 15 is 0 Å². The number of ether oxygens (including phenoxy) is 1. The van der Waals surface area contributed by atoms with E-state index in [4.69, 9.17) is 10.5 Å². The second-order valence-electron chi connectivity index (χ2n) is 4.76. The van der Waals surface area contributed by atoms with E-state index in [9.17, 15) is 4.39 Å². The van der Waals surface area contributed by atoms with Gasteiger partial charge in [0.05, 0.1) is 7.11 Å². The van der Waals surface area contributed by atoms with Crippen LogP contribution in [-0.4, -0.2) is 20.7 Å². The predicted octanol–water partition coefficient (Wildman–Crippen LogP) is 1.83. The molecule has 0 aromatic heterocycles. The van der Waals surface area contributed by atoms with Crippen LogP contribution in [0.5, 0.6) is 5.75 Å². The number of hydrogen-bond acceptors (Lipinski definition) is 3. The molecule has 0 heterocycles. The summed E-state index contributed by atoms with van der Waals surface area (Å²) in [4.78, 5) is 0. The average Bonchev–Trinajstić information content (AvgIpc) is 3.09. The molecule has 0 amide bonds. The Labute approximate surface area is 101 Å². The van der Waals surface area contributed by atoms with Crippen molar-refractivity contribution >= 4 is 0 Å². The minimum atomic E-state index is -0.267. The van der Waals surface area contributed by atoms with Gasteiger partial charge >= 0.3 is 0 Å². The largest absolute Gasteiger partial charge is 0.496 e. The summed E-state index contributed by atoms with van der Waals surface area (Å²) >= 11 is 0. The van der Waals surface area contributed by atoms with Gasteiger partial charge in [-0.15, -0.1) is 0 Å². The van der Waals surface area contributed by atoms with Crippen molar-refractivity contribution in [3.05, 3.63) is 29.6 Å². The third-order valence-corrected chi connectivity index (χ3v) is 3.61. The van der Waals surface area contributed by atoms with Crippen LogP contribution in [-0.2, 0) is 0 Å². The van der Waals surface area contributed by atoms with Gasteiger partial charge in [-0.25, -0.2) is 4.39 Å². The fraction of sp³-hybridized carbons (Fsp3) is 0.538. The Morgan fingerprint density at radius 3 is 2.76 bits per heavy atom. The smallest absolute Gasteiger partial charge is 0.123 e. The van der Waals surface area contributed by atoms with Gasteiger partial charge in [-0.2, -0.15) is 0 Å². The maximum absolute atomic E-state index is 13.3. The Kier molecular flexibility index (Phi) is 3.35. The molecule has 1 aromatic carbocycles. The molecule has 4 heteroatoms. The van der Waals surface area contributed by atoms with Crippen molar-refractivity contribution in [1.82, 2.24) is 5.32 Å². The zero-order valence-electron chi connectivity index (χ0n) is 10.3. The van der Waals surface area contributed by atoms with Crippen molar-refractivity contribution in [2.45, 2.75) is 18.9 Å². The molecule has 94 valence electrons. The predicted molar refractivity (Wildman–Crippen MR) is 65.5 cm³/mol. The minimum absolute atomic E-state index is 0.0653. The maximum Gasteiger partial charge on any atom is 0.123 e. The lowest BCUT2D eigenvalue weighted by Gasteiger charge is -2.25. The summed E-state index contributed by atoms with van der Waals surface area (Å²) in [5, 5.41) is 3.16. The van der Waals surface area contributed by atoms with Crippen molar-refractivity contribution in [3.8, 4) is 5.75 Å². The van der Waals surface area contributed by atoms with E-state index < -0.39 is 0 Å². The molecule has 0 bridgehead atoms. The molecule has 1 aromatic rings. The molecule has 0 aliphatic heterocycles. The molecule has 0 spiro atoms. The Morgan fingerprint density at radius 1 is 1.53 bits per heavy atom. The highest BCUT2D eigenvalue weighted by Gasteiger charge is 2.48. The van der Waals surface area contributed by atoms with Crippen molar-refractivity contribution < 1.29 is 9.13 Å². The second kappa shape index (κ2) is 4.63. The van der Waals surface area contributed by atoms with E-state index in [0.717, 1.165) is 24.9 Å². The Morgan fingerprint density at radius 2 is 2.24 bits per heavy atom. The maximum atomic E-state index is 13.3. The van der Waals surface area contributed by atoms with Crippen molar-refractivity contribution in [3.63, 3.8) is 0 Å². The van der Waals surface area contributed by atoms with E-state index in [0.29, 0.717) is 5.75 Å². The molecule has 3 N–H and O–H groups in total. The van der Waals surface area contributed by atoms with Gasteiger partial charge in [0.2, 0.25) is 0 Å². The number of methoxy groups -OCH3 is 1. The number of rotatable bonds is 5. The van der Waals surface area contributed by atoms with E-state index in [2.05, 4.69) is 5.32 Å². The lowest BCUT2D eigenvalue weighted by Crippen LogP contribution is -2.31. The molecule has 2 rings (SSSR count). The number of nitrogens with two attached hydrogens (primary N) is 1. The minimum Gasteiger partial charge on any atom is -0.496 e. The molecule has 0 saturated heterocycles. The summed E-state index contributed by atoms with van der Waals surface area (Å²) in [6.07, 6.45) is 2.16. The van der Waals surface area contributed by atoms with Crippen molar-refractivity contribution in [2.24, 2.45) is 11.1 Å². The number of halogens is 1. The van der Waals surface area contributed by atoms with Crippen LogP contribution in [0.2, 0.25) is 0 Å². The molecule has 1 aliphatic rings. The van der Waals surface area contributed by atoms with Gasteiger partial charge in [0.1, 0.15) is 11.6 Å². The summed E-state index contributed by atoms with van der Waals surface area (Å²) in [7, 11) is 3.50. The first kappa shape index (κ1) is 12.3. The van der Waals surface area contributed by atoms with Crippen LogP contribution in [0.3, 0.4) is 0 Å². The molecule has 1 atom stereocenters. The molecule has 17 heavy (non-hydrogen) atoms. The third-order valence-electron chi connectivity index (χ3n) is 3.61. The van der Waals surface area contributed by atoms with Gasteiger partial charge in [0, 0.05) is 23.6 Å². The van der Waals surface area contributed by atoms with Crippen LogP contribution in [0, 0.1) is 11.2 Å². The SMILES string of the molecule is CNCC1(C(N)c2cc(F)ccc2OC)CC1. The van der Waals surface area contributed by atoms with Gasteiger partial charge in [-0.1, -0.05) is 0 Å². The van der Waals surface area contributed by atoms with Crippen molar-refractivity contribution in [2.75, 3.05) is 20.7 Å².